The van der Waals surface area contributed by atoms with Gasteiger partial charge in [-0.2, -0.15) is 0 Å². The molecule has 0 aliphatic carbocycles. The molecule has 1 aromatic heterocycles. The summed E-state index contributed by atoms with van der Waals surface area (Å²) in [6, 6.07) is 7.09. The lowest BCUT2D eigenvalue weighted by Gasteiger charge is -2.33. The van der Waals surface area contributed by atoms with E-state index in [1.54, 1.807) is 0 Å². The van der Waals surface area contributed by atoms with Crippen LogP contribution in [0.3, 0.4) is 0 Å². The van der Waals surface area contributed by atoms with Gasteiger partial charge in [0.1, 0.15) is 0 Å². The Labute approximate surface area is 122 Å². The van der Waals surface area contributed by atoms with Crippen molar-refractivity contribution < 1.29 is 0 Å². The summed E-state index contributed by atoms with van der Waals surface area (Å²) in [4.78, 5) is 5.93. The molecule has 1 atom stereocenters. The Morgan fingerprint density at radius 2 is 2.26 bits per heavy atom. The minimum absolute atomic E-state index is 0.574. The van der Waals surface area contributed by atoms with Gasteiger partial charge >= 0.3 is 0 Å². The van der Waals surface area contributed by atoms with Crippen molar-refractivity contribution in [2.24, 2.45) is 0 Å². The Kier molecular flexibility index (Phi) is 3.65. The zero-order valence-corrected chi connectivity index (χ0v) is 13.0. The lowest BCUT2D eigenvalue weighted by atomic mass is 10.0. The molecule has 19 heavy (non-hydrogen) atoms. The second-order valence-corrected chi connectivity index (χ2v) is 6.25. The number of hydrogen-bond acceptors (Lipinski definition) is 2. The van der Waals surface area contributed by atoms with Crippen LogP contribution in [-0.2, 0) is 6.42 Å². The normalized spacial score (nSPS) is 21.1. The smallest absolute Gasteiger partial charge is 0.0864 e. The maximum atomic E-state index is 3.70. The van der Waals surface area contributed by atoms with Crippen molar-refractivity contribution >= 4 is 26.8 Å². The van der Waals surface area contributed by atoms with Crippen LogP contribution in [0, 0.1) is 6.92 Å². The molecule has 1 aliphatic rings. The van der Waals surface area contributed by atoms with Crippen LogP contribution >= 0.6 is 15.9 Å². The van der Waals surface area contributed by atoms with E-state index >= 15 is 0 Å². The first-order valence-corrected chi connectivity index (χ1v) is 7.62. The number of likely N-dealkylation sites (N-methyl/N-ethyl adjacent to an activating group) is 1. The summed E-state index contributed by atoms with van der Waals surface area (Å²) >= 11 is 3.70. The molecule has 1 aliphatic heterocycles. The predicted molar refractivity (Wildman–Crippen MR) is 83.7 cm³/mol. The number of fused-ring (bicyclic) bond motifs is 1. The minimum atomic E-state index is 0.574. The zero-order chi connectivity index (χ0) is 13.4. The Hall–Kier alpha value is -0.840. The molecule has 1 aromatic carbocycles. The van der Waals surface area contributed by atoms with Crippen LogP contribution < -0.4 is 5.32 Å². The van der Waals surface area contributed by atoms with E-state index in [9.17, 15) is 0 Å². The largest absolute Gasteiger partial charge is 0.349 e. The third kappa shape index (κ3) is 2.45. The Morgan fingerprint density at radius 3 is 3.05 bits per heavy atom. The summed E-state index contributed by atoms with van der Waals surface area (Å²) in [5, 5.41) is 4.84. The highest BCUT2D eigenvalue weighted by Crippen LogP contribution is 2.30. The first kappa shape index (κ1) is 13.2. The van der Waals surface area contributed by atoms with Crippen molar-refractivity contribution in [1.82, 2.24) is 15.2 Å². The third-order valence-electron chi connectivity index (χ3n) is 4.18. The number of piperazine rings is 1. The van der Waals surface area contributed by atoms with E-state index in [2.05, 4.69) is 63.3 Å². The van der Waals surface area contributed by atoms with Crippen LogP contribution in [0.25, 0.3) is 10.9 Å². The van der Waals surface area contributed by atoms with Crippen molar-refractivity contribution in [3.63, 3.8) is 0 Å². The molecule has 0 saturated carbocycles. The van der Waals surface area contributed by atoms with E-state index in [0.717, 1.165) is 30.7 Å². The second kappa shape index (κ2) is 5.27. The molecule has 102 valence electrons. The SMILES string of the molecule is Cc1cccc2c(CC3CNCCN3C)c(Br)[nH]c12. The second-order valence-electron chi connectivity index (χ2n) is 5.46. The number of rotatable bonds is 2. The van der Waals surface area contributed by atoms with E-state index in [4.69, 9.17) is 0 Å². The van der Waals surface area contributed by atoms with E-state index < -0.39 is 0 Å². The van der Waals surface area contributed by atoms with Gasteiger partial charge in [0.15, 0.2) is 0 Å². The fraction of sp³-hybridized carbons (Fsp3) is 0.467. The molecule has 0 bridgehead atoms. The highest BCUT2D eigenvalue weighted by atomic mass is 79.9. The molecule has 1 fully saturated rings. The average molecular weight is 322 g/mol. The van der Waals surface area contributed by atoms with E-state index in [1.165, 1.54) is 22.0 Å². The monoisotopic (exact) mass is 321 g/mol. The first-order chi connectivity index (χ1) is 9.16. The highest BCUT2D eigenvalue weighted by Gasteiger charge is 2.22. The highest BCUT2D eigenvalue weighted by molar-refractivity contribution is 9.10. The van der Waals surface area contributed by atoms with Crippen molar-refractivity contribution in [3.05, 3.63) is 33.9 Å². The predicted octanol–water partition coefficient (Wildman–Crippen LogP) is 2.68. The van der Waals surface area contributed by atoms with Crippen LogP contribution in [0.4, 0.5) is 0 Å². The van der Waals surface area contributed by atoms with E-state index in [0.29, 0.717) is 6.04 Å². The van der Waals surface area contributed by atoms with Crippen molar-refractivity contribution in [3.8, 4) is 0 Å². The Morgan fingerprint density at radius 1 is 1.42 bits per heavy atom. The molecule has 4 heteroatoms. The lowest BCUT2D eigenvalue weighted by molar-refractivity contribution is 0.199. The van der Waals surface area contributed by atoms with Crippen LogP contribution in [-0.4, -0.2) is 42.6 Å². The van der Waals surface area contributed by atoms with E-state index in [-0.39, 0.29) is 0 Å². The van der Waals surface area contributed by atoms with Gasteiger partial charge in [-0.1, -0.05) is 18.2 Å². The molecule has 0 spiro atoms. The average Bonchev–Trinajstić information content (AvgIpc) is 2.71. The number of benzene rings is 1. The van der Waals surface area contributed by atoms with Crippen molar-refractivity contribution in [2.75, 3.05) is 26.7 Å². The molecule has 3 rings (SSSR count). The van der Waals surface area contributed by atoms with Gasteiger partial charge in [0, 0.05) is 36.6 Å². The quantitative estimate of drug-likeness (QED) is 0.891. The number of hydrogen-bond donors (Lipinski definition) is 2. The number of nitrogens with zero attached hydrogens (tertiary/aromatic N) is 1. The first-order valence-electron chi connectivity index (χ1n) is 6.83. The molecule has 2 N–H and O–H groups in total. The van der Waals surface area contributed by atoms with Crippen LogP contribution in [0.2, 0.25) is 0 Å². The van der Waals surface area contributed by atoms with Crippen molar-refractivity contribution in [2.45, 2.75) is 19.4 Å². The third-order valence-corrected chi connectivity index (χ3v) is 4.86. The minimum Gasteiger partial charge on any atom is -0.349 e. The summed E-state index contributed by atoms with van der Waals surface area (Å²) in [6.45, 7) is 5.45. The lowest BCUT2D eigenvalue weighted by Crippen LogP contribution is -2.50. The number of para-hydroxylation sites is 1. The fourth-order valence-electron chi connectivity index (χ4n) is 2.91. The standard InChI is InChI=1S/C15H20BrN3/c1-10-4-3-5-12-13(15(16)18-14(10)12)8-11-9-17-6-7-19(11)2/h3-5,11,17-18H,6-9H2,1-2H3. The summed E-state index contributed by atoms with van der Waals surface area (Å²) < 4.78 is 1.13. The fourth-order valence-corrected chi connectivity index (χ4v) is 3.49. The summed E-state index contributed by atoms with van der Waals surface area (Å²) in [7, 11) is 2.22. The van der Waals surface area contributed by atoms with Gasteiger partial charge in [-0.05, 0) is 47.4 Å². The van der Waals surface area contributed by atoms with Crippen LogP contribution in [0.1, 0.15) is 11.1 Å². The number of aromatic amines is 1. The number of aryl methyl sites for hydroxylation is 1. The molecular weight excluding hydrogens is 302 g/mol. The number of halogens is 1. The van der Waals surface area contributed by atoms with Gasteiger partial charge < -0.3 is 15.2 Å². The van der Waals surface area contributed by atoms with E-state index in [1.807, 2.05) is 0 Å². The van der Waals surface area contributed by atoms with Gasteiger partial charge in [0.25, 0.3) is 0 Å². The van der Waals surface area contributed by atoms with Crippen LogP contribution in [0.15, 0.2) is 22.8 Å². The Bertz CT molecular complexity index is 590. The van der Waals surface area contributed by atoms with Crippen LogP contribution in [0.5, 0.6) is 0 Å². The summed E-state index contributed by atoms with van der Waals surface area (Å²) in [6.07, 6.45) is 1.08. The molecule has 2 aromatic rings. The number of aromatic nitrogens is 1. The number of H-pyrrole nitrogens is 1. The Balaban J connectivity index is 1.96. The summed E-state index contributed by atoms with van der Waals surface area (Å²) in [5.41, 5.74) is 3.97. The summed E-state index contributed by atoms with van der Waals surface area (Å²) in [5.74, 6) is 0. The van der Waals surface area contributed by atoms with Gasteiger partial charge in [-0.3, -0.25) is 0 Å². The maximum Gasteiger partial charge on any atom is 0.0864 e. The molecule has 3 nitrogen and oxygen atoms in total. The van der Waals surface area contributed by atoms with Gasteiger partial charge in [0.2, 0.25) is 0 Å². The zero-order valence-electron chi connectivity index (χ0n) is 11.5. The van der Waals surface area contributed by atoms with Gasteiger partial charge in [0.05, 0.1) is 4.60 Å². The molecular formula is C15H20BrN3. The molecule has 1 unspecified atom stereocenters. The molecule has 0 amide bonds. The maximum absolute atomic E-state index is 3.70. The molecule has 0 radical (unpaired) electrons. The topological polar surface area (TPSA) is 31.1 Å². The van der Waals surface area contributed by atoms with Gasteiger partial charge in [-0.25, -0.2) is 0 Å². The number of nitrogens with one attached hydrogen (secondary N) is 2. The molecule has 2 heterocycles. The van der Waals surface area contributed by atoms with Gasteiger partial charge in [-0.15, -0.1) is 0 Å². The molecule has 1 saturated heterocycles. The van der Waals surface area contributed by atoms with Crippen molar-refractivity contribution in [1.29, 1.82) is 0 Å².